The SMILES string of the molecule is COc1cc(N2C(=S)N[C@@H](c3ccccn3)[C@H]2c2cc(C)n(-c3ccc(C)cn3)c2C)ccc1NS(C)(=O)=O. The number of nitrogens with one attached hydrogen (secondary N) is 2. The number of hydrogen-bond donors (Lipinski definition) is 2. The molecule has 4 aromatic rings. The van der Waals surface area contributed by atoms with Gasteiger partial charge in [0.15, 0.2) is 5.11 Å². The smallest absolute Gasteiger partial charge is 0.229 e. The Bertz CT molecular complexity index is 1640. The van der Waals surface area contributed by atoms with Crippen LogP contribution >= 0.6 is 12.2 Å². The molecule has 39 heavy (non-hydrogen) atoms. The van der Waals surface area contributed by atoms with E-state index in [0.717, 1.165) is 46.0 Å². The fraction of sp³-hybridized carbons (Fsp3) is 0.250. The number of aryl methyl sites for hydroxylation is 2. The van der Waals surface area contributed by atoms with Crippen molar-refractivity contribution in [2.24, 2.45) is 0 Å². The molecule has 5 rings (SSSR count). The molecular formula is C28H30N6O3S2. The van der Waals surface area contributed by atoms with Crippen molar-refractivity contribution in [1.82, 2.24) is 19.9 Å². The molecule has 3 aromatic heterocycles. The van der Waals surface area contributed by atoms with Crippen LogP contribution in [0.3, 0.4) is 0 Å². The second kappa shape index (κ2) is 10.3. The Morgan fingerprint density at radius 3 is 2.49 bits per heavy atom. The molecule has 1 saturated heterocycles. The van der Waals surface area contributed by atoms with Gasteiger partial charge in [0.1, 0.15) is 11.6 Å². The molecule has 4 heterocycles. The van der Waals surface area contributed by atoms with Crippen molar-refractivity contribution < 1.29 is 13.2 Å². The van der Waals surface area contributed by atoms with E-state index in [0.29, 0.717) is 16.5 Å². The Morgan fingerprint density at radius 2 is 1.85 bits per heavy atom. The molecular weight excluding hydrogens is 532 g/mol. The molecule has 0 saturated carbocycles. The van der Waals surface area contributed by atoms with Crippen LogP contribution < -0.4 is 19.7 Å². The average Bonchev–Trinajstić information content (AvgIpc) is 3.39. The van der Waals surface area contributed by atoms with E-state index in [9.17, 15) is 8.42 Å². The van der Waals surface area contributed by atoms with Crippen LogP contribution in [0.1, 0.15) is 40.3 Å². The van der Waals surface area contributed by atoms with E-state index in [4.69, 9.17) is 17.0 Å². The lowest BCUT2D eigenvalue weighted by atomic mass is 9.96. The van der Waals surface area contributed by atoms with Crippen LogP contribution in [0, 0.1) is 20.8 Å². The van der Waals surface area contributed by atoms with Crippen LogP contribution in [0.4, 0.5) is 11.4 Å². The summed E-state index contributed by atoms with van der Waals surface area (Å²) in [4.78, 5) is 11.3. The topological polar surface area (TPSA) is 101 Å². The molecule has 0 radical (unpaired) electrons. The minimum Gasteiger partial charge on any atom is -0.494 e. The van der Waals surface area contributed by atoms with E-state index in [1.54, 1.807) is 18.3 Å². The third kappa shape index (κ3) is 5.19. The first-order valence-electron chi connectivity index (χ1n) is 12.4. The number of hydrogen-bond acceptors (Lipinski definition) is 6. The summed E-state index contributed by atoms with van der Waals surface area (Å²) in [6.45, 7) is 6.16. The van der Waals surface area contributed by atoms with Crippen LogP contribution in [-0.4, -0.2) is 41.4 Å². The van der Waals surface area contributed by atoms with Gasteiger partial charge in [0.2, 0.25) is 10.0 Å². The Labute approximate surface area is 233 Å². The van der Waals surface area contributed by atoms with Gasteiger partial charge >= 0.3 is 0 Å². The summed E-state index contributed by atoms with van der Waals surface area (Å²) in [7, 11) is -1.98. The highest BCUT2D eigenvalue weighted by Crippen LogP contribution is 2.45. The second-order valence-corrected chi connectivity index (χ2v) is 11.7. The summed E-state index contributed by atoms with van der Waals surface area (Å²) >= 11 is 5.88. The number of methoxy groups -OCH3 is 1. The number of sulfonamides is 1. The van der Waals surface area contributed by atoms with Gasteiger partial charge in [-0.25, -0.2) is 13.4 Å². The van der Waals surface area contributed by atoms with E-state index in [1.807, 2.05) is 48.4 Å². The van der Waals surface area contributed by atoms with Crippen molar-refractivity contribution in [1.29, 1.82) is 0 Å². The molecule has 0 spiro atoms. The van der Waals surface area contributed by atoms with Crippen molar-refractivity contribution in [2.45, 2.75) is 32.9 Å². The molecule has 2 N–H and O–H groups in total. The molecule has 2 atom stereocenters. The van der Waals surface area contributed by atoms with Crippen molar-refractivity contribution in [2.75, 3.05) is 23.0 Å². The standard InChI is InChI=1S/C28H30N6O3S2/c1-17-9-12-25(30-16-17)33-18(2)14-21(19(33)3)27-26(23-8-6-7-13-29-23)31-28(38)34(27)20-10-11-22(24(15-20)37-4)32-39(5,35)36/h6-16,26-27,32H,1-5H3,(H,31,38)/t26-,27+/m0/s1. The maximum Gasteiger partial charge on any atom is 0.229 e. The van der Waals surface area contributed by atoms with E-state index < -0.39 is 10.0 Å². The maximum absolute atomic E-state index is 11.9. The summed E-state index contributed by atoms with van der Waals surface area (Å²) < 4.78 is 34.0. The van der Waals surface area contributed by atoms with Gasteiger partial charge in [-0.1, -0.05) is 12.1 Å². The number of rotatable bonds is 7. The fourth-order valence-electron chi connectivity index (χ4n) is 5.09. The molecule has 0 amide bonds. The molecule has 1 fully saturated rings. The Hall–Kier alpha value is -3.96. The summed E-state index contributed by atoms with van der Waals surface area (Å²) in [5.74, 6) is 1.23. The first-order valence-corrected chi connectivity index (χ1v) is 14.7. The van der Waals surface area contributed by atoms with Crippen LogP contribution in [0.15, 0.2) is 67.0 Å². The van der Waals surface area contributed by atoms with Crippen LogP contribution in [-0.2, 0) is 10.0 Å². The van der Waals surface area contributed by atoms with Crippen molar-refractivity contribution in [3.8, 4) is 11.6 Å². The van der Waals surface area contributed by atoms with Gasteiger partial charge in [0.25, 0.3) is 0 Å². The minimum atomic E-state index is -3.49. The molecule has 0 bridgehead atoms. The number of aromatic nitrogens is 3. The number of nitrogens with zero attached hydrogens (tertiary/aromatic N) is 4. The number of ether oxygens (including phenoxy) is 1. The van der Waals surface area contributed by atoms with Gasteiger partial charge < -0.3 is 19.5 Å². The first-order chi connectivity index (χ1) is 18.6. The van der Waals surface area contributed by atoms with Crippen LogP contribution in [0.25, 0.3) is 5.82 Å². The lowest BCUT2D eigenvalue weighted by Gasteiger charge is -2.28. The molecule has 0 aliphatic carbocycles. The van der Waals surface area contributed by atoms with Gasteiger partial charge in [0, 0.05) is 35.5 Å². The second-order valence-electron chi connectivity index (χ2n) is 9.61. The zero-order valence-corrected chi connectivity index (χ0v) is 24.0. The van der Waals surface area contributed by atoms with Gasteiger partial charge in [0.05, 0.1) is 36.8 Å². The summed E-state index contributed by atoms with van der Waals surface area (Å²) in [5.41, 5.74) is 6.20. The molecule has 1 aliphatic heterocycles. The van der Waals surface area contributed by atoms with Gasteiger partial charge in [-0.3, -0.25) is 9.71 Å². The fourth-order valence-corrected chi connectivity index (χ4v) is 6.01. The maximum atomic E-state index is 11.9. The van der Waals surface area contributed by atoms with E-state index in [-0.39, 0.29) is 12.1 Å². The van der Waals surface area contributed by atoms with Crippen molar-refractivity contribution >= 4 is 38.7 Å². The molecule has 9 nitrogen and oxygen atoms in total. The number of pyridine rings is 2. The van der Waals surface area contributed by atoms with E-state index in [2.05, 4.69) is 50.6 Å². The molecule has 1 aliphatic rings. The first kappa shape index (κ1) is 26.6. The Balaban J connectivity index is 1.66. The quantitative estimate of drug-likeness (QED) is 0.311. The molecule has 202 valence electrons. The van der Waals surface area contributed by atoms with Crippen LogP contribution in [0.2, 0.25) is 0 Å². The predicted molar refractivity (Wildman–Crippen MR) is 157 cm³/mol. The summed E-state index contributed by atoms with van der Waals surface area (Å²) in [6, 6.07) is 16.9. The zero-order chi connectivity index (χ0) is 27.9. The zero-order valence-electron chi connectivity index (χ0n) is 22.3. The van der Waals surface area contributed by atoms with Gasteiger partial charge in [-0.05, 0) is 80.5 Å². The number of thiocarbonyl (C=S) groups is 1. The normalized spacial score (nSPS) is 17.3. The third-order valence-corrected chi connectivity index (χ3v) is 7.68. The minimum absolute atomic E-state index is 0.238. The highest BCUT2D eigenvalue weighted by Gasteiger charge is 2.42. The Kier molecular flexibility index (Phi) is 7.04. The summed E-state index contributed by atoms with van der Waals surface area (Å²) in [5, 5.41) is 4.01. The largest absolute Gasteiger partial charge is 0.494 e. The highest BCUT2D eigenvalue weighted by molar-refractivity contribution is 7.92. The van der Waals surface area contributed by atoms with Gasteiger partial charge in [-0.2, -0.15) is 0 Å². The van der Waals surface area contributed by atoms with E-state index in [1.165, 1.54) is 7.11 Å². The molecule has 11 heteroatoms. The highest BCUT2D eigenvalue weighted by atomic mass is 32.2. The van der Waals surface area contributed by atoms with Crippen LogP contribution in [0.5, 0.6) is 5.75 Å². The van der Waals surface area contributed by atoms with Crippen molar-refractivity contribution in [3.63, 3.8) is 0 Å². The van der Waals surface area contributed by atoms with Crippen molar-refractivity contribution in [3.05, 3.63) is 95.2 Å². The molecule has 1 aromatic carbocycles. The predicted octanol–water partition coefficient (Wildman–Crippen LogP) is 4.75. The lowest BCUT2D eigenvalue weighted by Crippen LogP contribution is -2.29. The third-order valence-electron chi connectivity index (χ3n) is 6.77. The number of benzene rings is 1. The average molecular weight is 563 g/mol. The van der Waals surface area contributed by atoms with Gasteiger partial charge in [-0.15, -0.1) is 0 Å². The van der Waals surface area contributed by atoms with E-state index >= 15 is 0 Å². The number of anilines is 2. The monoisotopic (exact) mass is 562 g/mol. The summed E-state index contributed by atoms with van der Waals surface area (Å²) in [6.07, 6.45) is 4.74. The molecule has 0 unspecified atom stereocenters. The Morgan fingerprint density at radius 1 is 1.05 bits per heavy atom. The lowest BCUT2D eigenvalue weighted by molar-refractivity contribution is 0.417.